The number of fused-ring (bicyclic) bond motifs is 1. The van der Waals surface area contributed by atoms with E-state index in [9.17, 15) is 0 Å². The first-order valence-electron chi connectivity index (χ1n) is 9.08. The largest absolute Gasteiger partial charge is 0.439 e. The van der Waals surface area contributed by atoms with Crippen molar-refractivity contribution in [2.24, 2.45) is 12.0 Å². The zero-order valence-corrected chi connectivity index (χ0v) is 16.0. The number of aliphatic imine (C=N–C) groups is 1. The summed E-state index contributed by atoms with van der Waals surface area (Å²) in [6.07, 6.45) is 14.0. The number of benzene rings is 1. The fourth-order valence-corrected chi connectivity index (χ4v) is 3.20. The van der Waals surface area contributed by atoms with Crippen LogP contribution in [0, 0.1) is 0 Å². The van der Waals surface area contributed by atoms with Gasteiger partial charge in [-0.2, -0.15) is 0 Å². The van der Waals surface area contributed by atoms with E-state index >= 15 is 0 Å². The van der Waals surface area contributed by atoms with Gasteiger partial charge < -0.3 is 4.74 Å². The lowest BCUT2D eigenvalue weighted by atomic mass is 9.98. The van der Waals surface area contributed by atoms with Crippen LogP contribution in [0.1, 0.15) is 25.5 Å². The Morgan fingerprint density at radius 1 is 1.07 bits per heavy atom. The molecule has 0 aliphatic carbocycles. The van der Waals surface area contributed by atoms with E-state index in [1.165, 1.54) is 5.39 Å². The van der Waals surface area contributed by atoms with Crippen LogP contribution >= 0.6 is 0 Å². The van der Waals surface area contributed by atoms with Gasteiger partial charge in [-0.05, 0) is 49.4 Å². The molecule has 0 saturated heterocycles. The van der Waals surface area contributed by atoms with E-state index < -0.39 is 0 Å². The molecule has 2 heterocycles. The number of hydrogen-bond donors (Lipinski definition) is 0. The lowest BCUT2D eigenvalue weighted by Crippen LogP contribution is -2.33. The maximum absolute atomic E-state index is 5.88. The maximum atomic E-state index is 5.88. The number of aryl methyl sites for hydroxylation is 1. The molecule has 3 rings (SSSR count). The molecule has 1 aliphatic heterocycles. The molecular formula is C24H25N2O+. The number of rotatable bonds is 1. The van der Waals surface area contributed by atoms with Crippen LogP contribution in [-0.4, -0.2) is 6.21 Å². The van der Waals surface area contributed by atoms with Crippen molar-refractivity contribution in [1.29, 1.82) is 0 Å². The number of ether oxygens (including phenoxy) is 1. The van der Waals surface area contributed by atoms with Crippen molar-refractivity contribution in [3.63, 3.8) is 0 Å². The first-order valence-corrected chi connectivity index (χ1v) is 9.08. The third-order valence-electron chi connectivity index (χ3n) is 4.51. The van der Waals surface area contributed by atoms with E-state index in [1.54, 1.807) is 6.21 Å². The lowest BCUT2D eigenvalue weighted by Gasteiger charge is -2.14. The predicted molar refractivity (Wildman–Crippen MR) is 113 cm³/mol. The normalized spacial score (nSPS) is 21.1. The molecule has 1 aliphatic rings. The molecule has 0 unspecified atom stereocenters. The van der Waals surface area contributed by atoms with Gasteiger partial charge in [0.1, 0.15) is 12.8 Å². The van der Waals surface area contributed by atoms with Gasteiger partial charge in [-0.15, -0.1) is 0 Å². The van der Waals surface area contributed by atoms with Gasteiger partial charge >= 0.3 is 0 Å². The zero-order valence-electron chi connectivity index (χ0n) is 16.0. The molecule has 0 saturated carbocycles. The first-order chi connectivity index (χ1) is 13.1. The second-order valence-electron chi connectivity index (χ2n) is 6.53. The Morgan fingerprint density at radius 3 is 2.70 bits per heavy atom. The van der Waals surface area contributed by atoms with E-state index in [-0.39, 0.29) is 0 Å². The molecule has 3 nitrogen and oxygen atoms in total. The van der Waals surface area contributed by atoms with Gasteiger partial charge in [-0.25, -0.2) is 9.56 Å². The Bertz CT molecular complexity index is 1010. The summed E-state index contributed by atoms with van der Waals surface area (Å²) < 4.78 is 7.99. The zero-order chi connectivity index (χ0) is 19.2. The van der Waals surface area contributed by atoms with E-state index in [1.807, 2.05) is 19.2 Å². The van der Waals surface area contributed by atoms with Crippen LogP contribution in [0.5, 0.6) is 0 Å². The van der Waals surface area contributed by atoms with Crippen LogP contribution in [0.4, 0.5) is 0 Å². The molecule has 0 radical (unpaired) electrons. The lowest BCUT2D eigenvalue weighted by molar-refractivity contribution is -0.672. The summed E-state index contributed by atoms with van der Waals surface area (Å²) in [6.45, 7) is 10.2. The second kappa shape index (κ2) is 8.45. The van der Waals surface area contributed by atoms with Gasteiger partial charge in [-0.3, -0.25) is 0 Å². The molecule has 0 spiro atoms. The highest BCUT2D eigenvalue weighted by molar-refractivity contribution is 5.95. The van der Waals surface area contributed by atoms with Crippen LogP contribution in [0.25, 0.3) is 16.3 Å². The summed E-state index contributed by atoms with van der Waals surface area (Å²) in [5.74, 6) is 0.857. The van der Waals surface area contributed by atoms with Crippen molar-refractivity contribution in [1.82, 2.24) is 0 Å². The molecule has 27 heavy (non-hydrogen) atoms. The molecule has 0 fully saturated rings. The average molecular weight is 357 g/mol. The fraction of sp³-hybridized carbons (Fsp3) is 0.167. The average Bonchev–Trinajstić information content (AvgIpc) is 2.66. The van der Waals surface area contributed by atoms with Gasteiger partial charge in [0, 0.05) is 12.3 Å². The summed E-state index contributed by atoms with van der Waals surface area (Å²) in [5.41, 5.74) is 3.10. The van der Waals surface area contributed by atoms with E-state index in [4.69, 9.17) is 4.74 Å². The topological polar surface area (TPSA) is 25.5 Å². The fourth-order valence-electron chi connectivity index (χ4n) is 3.20. The molecule has 3 heteroatoms. The van der Waals surface area contributed by atoms with Crippen molar-refractivity contribution >= 4 is 22.6 Å². The van der Waals surface area contributed by atoms with Crippen molar-refractivity contribution < 1.29 is 9.30 Å². The van der Waals surface area contributed by atoms with Crippen molar-refractivity contribution in [3.8, 4) is 0 Å². The monoisotopic (exact) mass is 357 g/mol. The smallest absolute Gasteiger partial charge is 0.224 e. The molecule has 136 valence electrons. The minimum Gasteiger partial charge on any atom is -0.439 e. The van der Waals surface area contributed by atoms with Gasteiger partial charge in [-0.1, -0.05) is 43.0 Å². The number of nitrogens with zero attached hydrogens (tertiary/aromatic N) is 2. The van der Waals surface area contributed by atoms with E-state index in [0.717, 1.165) is 35.1 Å². The molecule has 0 bridgehead atoms. The molecule has 0 N–H and O–H groups in total. The Morgan fingerprint density at radius 2 is 1.85 bits per heavy atom. The Labute approximate surface area is 161 Å². The summed E-state index contributed by atoms with van der Waals surface area (Å²) in [4.78, 5) is 4.24. The summed E-state index contributed by atoms with van der Waals surface area (Å²) in [5, 5.41) is 2.32. The minimum absolute atomic E-state index is 0.320. The van der Waals surface area contributed by atoms with Crippen molar-refractivity contribution in [3.05, 3.63) is 96.9 Å². The van der Waals surface area contributed by atoms with Gasteiger partial charge in [0.05, 0.1) is 11.0 Å². The molecule has 2 aromatic rings. The van der Waals surface area contributed by atoms with Crippen LogP contribution in [0.3, 0.4) is 0 Å². The molecule has 1 aromatic heterocycles. The van der Waals surface area contributed by atoms with E-state index in [0.29, 0.717) is 11.6 Å². The number of aromatic nitrogens is 1. The van der Waals surface area contributed by atoms with Crippen LogP contribution < -0.4 is 4.57 Å². The highest BCUT2D eigenvalue weighted by atomic mass is 16.5. The van der Waals surface area contributed by atoms with Gasteiger partial charge in [0.25, 0.3) is 0 Å². The summed E-state index contributed by atoms with van der Waals surface area (Å²) >= 11 is 0. The van der Waals surface area contributed by atoms with Crippen LogP contribution in [0.15, 0.2) is 96.2 Å². The third kappa shape index (κ3) is 4.32. The molecular weight excluding hydrogens is 332 g/mol. The van der Waals surface area contributed by atoms with Crippen LogP contribution in [0.2, 0.25) is 0 Å². The second-order valence-corrected chi connectivity index (χ2v) is 6.53. The summed E-state index contributed by atoms with van der Waals surface area (Å²) in [6, 6.07) is 10.5. The highest BCUT2D eigenvalue weighted by Crippen LogP contribution is 2.31. The third-order valence-corrected chi connectivity index (χ3v) is 4.51. The summed E-state index contributed by atoms with van der Waals surface area (Å²) in [7, 11) is 2.04. The molecule has 0 atom stereocenters. The SMILES string of the molecule is C=C1N=C/C=C\CC/C=C\C(C)=C(\c2c3ccccc3cc[n+]2C)C(=C)O1. The van der Waals surface area contributed by atoms with Crippen molar-refractivity contribution in [2.75, 3.05) is 0 Å². The maximum Gasteiger partial charge on any atom is 0.224 e. The Kier molecular flexibility index (Phi) is 5.82. The quantitative estimate of drug-likeness (QED) is 0.626. The van der Waals surface area contributed by atoms with Gasteiger partial charge in [0.15, 0.2) is 6.20 Å². The standard InChI is InChI=1S/C24H25N2O/c1-18-12-8-6-5-7-11-16-25-20(3)27-19(2)23(18)24-22-14-10-9-13-21(22)15-17-26(24)4/h7-17H,2-3,5-6H2,1,4H3/q+1/b11-7-,12-8-,23-18+,25-16?. The number of pyridine rings is 1. The van der Waals surface area contributed by atoms with Crippen LogP contribution in [-0.2, 0) is 11.8 Å². The number of hydrogen-bond acceptors (Lipinski definition) is 2. The van der Waals surface area contributed by atoms with E-state index in [2.05, 4.69) is 78.3 Å². The molecule has 0 amide bonds. The number of allylic oxidation sites excluding steroid dienone is 6. The minimum atomic E-state index is 0.320. The Balaban J connectivity index is 2.20. The highest BCUT2D eigenvalue weighted by Gasteiger charge is 2.23. The first kappa shape index (κ1) is 18.6. The van der Waals surface area contributed by atoms with Gasteiger partial charge in [0.2, 0.25) is 11.6 Å². The predicted octanol–water partition coefficient (Wildman–Crippen LogP) is 5.42. The Hall–Kier alpha value is -3.20. The molecule has 1 aromatic carbocycles. The van der Waals surface area contributed by atoms with Crippen molar-refractivity contribution in [2.45, 2.75) is 19.8 Å².